The fourth-order valence-corrected chi connectivity index (χ4v) is 3.92. The zero-order chi connectivity index (χ0) is 15.8. The van der Waals surface area contributed by atoms with E-state index >= 15 is 0 Å². The van der Waals surface area contributed by atoms with E-state index in [9.17, 15) is 0 Å². The number of aromatic nitrogens is 3. The minimum absolute atomic E-state index is 0. The van der Waals surface area contributed by atoms with Crippen molar-refractivity contribution in [1.82, 2.24) is 14.4 Å². The van der Waals surface area contributed by atoms with Gasteiger partial charge in [-0.05, 0) is 31.2 Å². The lowest BCUT2D eigenvalue weighted by Gasteiger charge is -2.04. The van der Waals surface area contributed by atoms with Crippen LogP contribution in [-0.4, -0.2) is 21.5 Å². The summed E-state index contributed by atoms with van der Waals surface area (Å²) in [5.74, 6) is 0.838. The van der Waals surface area contributed by atoms with Gasteiger partial charge in [0, 0.05) is 22.6 Å². The maximum Gasteiger partial charge on any atom is 0.194 e. The monoisotopic (exact) mass is 422 g/mol. The molecular formula is C16H15BrN4OS2. The van der Waals surface area contributed by atoms with E-state index in [2.05, 4.69) is 20.1 Å². The van der Waals surface area contributed by atoms with Gasteiger partial charge in [0.2, 0.25) is 0 Å². The zero-order valence-corrected chi connectivity index (χ0v) is 16.4. The SMILES string of the molecule is Br.COc1ccc(Nc2nc(-c3c(C)nc4sccn34)cs2)cc1. The Morgan fingerprint density at radius 3 is 2.67 bits per heavy atom. The lowest BCUT2D eigenvalue weighted by molar-refractivity contribution is 0.415. The Hall–Kier alpha value is -1.90. The summed E-state index contributed by atoms with van der Waals surface area (Å²) in [5.41, 5.74) is 3.98. The highest BCUT2D eigenvalue weighted by Gasteiger charge is 2.14. The lowest BCUT2D eigenvalue weighted by Crippen LogP contribution is -1.91. The highest BCUT2D eigenvalue weighted by Crippen LogP contribution is 2.31. The second-order valence-electron chi connectivity index (χ2n) is 4.99. The molecule has 3 heterocycles. The molecule has 3 aromatic heterocycles. The van der Waals surface area contributed by atoms with Gasteiger partial charge in [-0.15, -0.1) is 39.7 Å². The third-order valence-electron chi connectivity index (χ3n) is 3.52. The maximum absolute atomic E-state index is 5.17. The van der Waals surface area contributed by atoms with Gasteiger partial charge < -0.3 is 10.1 Å². The molecule has 0 atom stereocenters. The number of anilines is 2. The molecule has 0 fully saturated rings. The smallest absolute Gasteiger partial charge is 0.194 e. The van der Waals surface area contributed by atoms with Crippen LogP contribution < -0.4 is 10.1 Å². The van der Waals surface area contributed by atoms with Crippen LogP contribution in [0, 0.1) is 6.92 Å². The van der Waals surface area contributed by atoms with Crippen LogP contribution in [0.15, 0.2) is 41.2 Å². The van der Waals surface area contributed by atoms with Crippen molar-refractivity contribution < 1.29 is 4.74 Å². The van der Waals surface area contributed by atoms with Crippen molar-refractivity contribution in [2.45, 2.75) is 6.92 Å². The zero-order valence-electron chi connectivity index (χ0n) is 13.0. The molecule has 0 saturated carbocycles. The molecule has 0 saturated heterocycles. The van der Waals surface area contributed by atoms with Crippen LogP contribution in [0.3, 0.4) is 0 Å². The summed E-state index contributed by atoms with van der Waals surface area (Å²) in [7, 11) is 1.66. The number of thiazole rings is 2. The molecule has 0 spiro atoms. The first kappa shape index (κ1) is 16.9. The average Bonchev–Trinajstić information content (AvgIpc) is 3.24. The van der Waals surface area contributed by atoms with Gasteiger partial charge in [0.25, 0.3) is 0 Å². The summed E-state index contributed by atoms with van der Waals surface area (Å²) in [4.78, 5) is 10.3. The fourth-order valence-electron chi connectivity index (χ4n) is 2.44. The van der Waals surface area contributed by atoms with Crippen LogP contribution in [0.1, 0.15) is 5.69 Å². The molecular weight excluding hydrogens is 408 g/mol. The van der Waals surface area contributed by atoms with Gasteiger partial charge in [0.15, 0.2) is 10.1 Å². The van der Waals surface area contributed by atoms with Crippen LogP contribution >= 0.6 is 39.7 Å². The molecule has 4 rings (SSSR count). The number of hydrogen-bond donors (Lipinski definition) is 1. The highest BCUT2D eigenvalue weighted by atomic mass is 79.9. The molecule has 8 heteroatoms. The lowest BCUT2D eigenvalue weighted by atomic mass is 10.3. The van der Waals surface area contributed by atoms with Gasteiger partial charge in [0.05, 0.1) is 18.5 Å². The molecule has 0 amide bonds. The molecule has 0 unspecified atom stereocenters. The molecule has 4 aromatic rings. The third kappa shape index (κ3) is 3.04. The van der Waals surface area contributed by atoms with E-state index in [-0.39, 0.29) is 17.0 Å². The van der Waals surface area contributed by atoms with Crippen molar-refractivity contribution >= 4 is 55.4 Å². The number of methoxy groups -OCH3 is 1. The molecule has 24 heavy (non-hydrogen) atoms. The third-order valence-corrected chi connectivity index (χ3v) is 5.04. The van der Waals surface area contributed by atoms with Gasteiger partial charge in [0.1, 0.15) is 11.4 Å². The molecule has 0 bridgehead atoms. The molecule has 0 aliphatic heterocycles. The van der Waals surface area contributed by atoms with E-state index in [0.29, 0.717) is 0 Å². The standard InChI is InChI=1S/C16H14N4OS2.BrH/c1-10-14(20-7-8-22-16(20)17-10)13-9-23-15(19-13)18-11-3-5-12(21-2)6-4-11;/h3-9H,1-2H3,(H,18,19);1H. The molecule has 0 radical (unpaired) electrons. The van der Waals surface area contributed by atoms with E-state index in [1.807, 2.05) is 42.8 Å². The summed E-state index contributed by atoms with van der Waals surface area (Å²) in [6.45, 7) is 2.02. The number of nitrogens with zero attached hydrogens (tertiary/aromatic N) is 3. The summed E-state index contributed by atoms with van der Waals surface area (Å²) in [6, 6.07) is 7.79. The molecule has 5 nitrogen and oxygen atoms in total. The Balaban J connectivity index is 0.00000169. The number of ether oxygens (including phenoxy) is 1. The number of hydrogen-bond acceptors (Lipinski definition) is 6. The first-order valence-electron chi connectivity index (χ1n) is 7.04. The normalized spacial score (nSPS) is 10.6. The van der Waals surface area contributed by atoms with Crippen molar-refractivity contribution in [3.05, 3.63) is 46.9 Å². The minimum Gasteiger partial charge on any atom is -0.497 e. The molecule has 1 aromatic carbocycles. The summed E-state index contributed by atoms with van der Waals surface area (Å²) in [5, 5.41) is 8.27. The Morgan fingerprint density at radius 1 is 1.12 bits per heavy atom. The van der Waals surface area contributed by atoms with Crippen molar-refractivity contribution in [1.29, 1.82) is 0 Å². The van der Waals surface area contributed by atoms with E-state index < -0.39 is 0 Å². The summed E-state index contributed by atoms with van der Waals surface area (Å²) >= 11 is 3.21. The highest BCUT2D eigenvalue weighted by molar-refractivity contribution is 8.93. The predicted octanol–water partition coefficient (Wildman–Crippen LogP) is 5.16. The van der Waals surface area contributed by atoms with Crippen LogP contribution in [0.2, 0.25) is 0 Å². The number of benzene rings is 1. The number of nitrogens with one attached hydrogen (secondary N) is 1. The van der Waals surface area contributed by atoms with Crippen LogP contribution in [0.4, 0.5) is 10.8 Å². The van der Waals surface area contributed by atoms with Crippen molar-refractivity contribution in [3.8, 4) is 17.1 Å². The van der Waals surface area contributed by atoms with Gasteiger partial charge >= 0.3 is 0 Å². The van der Waals surface area contributed by atoms with E-state index in [0.717, 1.165) is 38.6 Å². The molecule has 0 aliphatic carbocycles. The molecule has 124 valence electrons. The first-order valence-corrected chi connectivity index (χ1v) is 8.79. The quantitative estimate of drug-likeness (QED) is 0.493. The van der Waals surface area contributed by atoms with E-state index in [4.69, 9.17) is 9.72 Å². The minimum atomic E-state index is 0. The largest absolute Gasteiger partial charge is 0.497 e. The average molecular weight is 423 g/mol. The van der Waals surface area contributed by atoms with Crippen LogP contribution in [0.5, 0.6) is 5.75 Å². The Bertz CT molecular complexity index is 958. The molecule has 1 N–H and O–H groups in total. The van der Waals surface area contributed by atoms with Crippen LogP contribution in [0.25, 0.3) is 16.3 Å². The van der Waals surface area contributed by atoms with Gasteiger partial charge in [-0.2, -0.15) is 0 Å². The number of halogens is 1. The molecule has 0 aliphatic rings. The Morgan fingerprint density at radius 2 is 1.92 bits per heavy atom. The van der Waals surface area contributed by atoms with Gasteiger partial charge in [-0.3, -0.25) is 4.40 Å². The fraction of sp³-hybridized carbons (Fsp3) is 0.125. The van der Waals surface area contributed by atoms with Crippen molar-refractivity contribution in [2.24, 2.45) is 0 Å². The topological polar surface area (TPSA) is 51.5 Å². The summed E-state index contributed by atoms with van der Waals surface area (Å²) < 4.78 is 7.26. The van der Waals surface area contributed by atoms with Crippen molar-refractivity contribution in [3.63, 3.8) is 0 Å². The Kier molecular flexibility index (Phi) is 4.88. The van der Waals surface area contributed by atoms with Gasteiger partial charge in [-0.1, -0.05) is 0 Å². The van der Waals surface area contributed by atoms with E-state index in [1.165, 1.54) is 0 Å². The van der Waals surface area contributed by atoms with E-state index in [1.54, 1.807) is 29.8 Å². The number of imidazole rings is 1. The number of fused-ring (bicyclic) bond motifs is 1. The predicted molar refractivity (Wildman–Crippen MR) is 106 cm³/mol. The Labute approximate surface area is 157 Å². The maximum atomic E-state index is 5.17. The first-order chi connectivity index (χ1) is 11.2. The second kappa shape index (κ2) is 6.92. The number of aryl methyl sites for hydroxylation is 1. The second-order valence-corrected chi connectivity index (χ2v) is 6.72. The van der Waals surface area contributed by atoms with Gasteiger partial charge in [-0.25, -0.2) is 9.97 Å². The summed E-state index contributed by atoms with van der Waals surface area (Å²) in [6.07, 6.45) is 2.03. The van der Waals surface area contributed by atoms with Crippen molar-refractivity contribution in [2.75, 3.05) is 12.4 Å². The van der Waals surface area contributed by atoms with Crippen LogP contribution in [-0.2, 0) is 0 Å². The number of rotatable bonds is 4.